The van der Waals surface area contributed by atoms with Gasteiger partial charge in [0.05, 0.1) is 10.8 Å². The molecule has 1 aromatic heterocycles. The molecule has 1 fully saturated rings. The number of phenols is 1. The molecule has 2 N–H and O–H groups in total. The maximum absolute atomic E-state index is 12.1. The molecule has 0 saturated carbocycles. The Bertz CT molecular complexity index is 1100. The van der Waals surface area contributed by atoms with Crippen LogP contribution in [0.5, 0.6) is 11.5 Å². The van der Waals surface area contributed by atoms with Crippen LogP contribution in [0.25, 0.3) is 5.69 Å². The van der Waals surface area contributed by atoms with Crippen LogP contribution >= 0.6 is 23.5 Å². The van der Waals surface area contributed by atoms with Crippen LogP contribution < -0.4 is 10.2 Å². The van der Waals surface area contributed by atoms with Crippen LogP contribution in [-0.4, -0.2) is 39.9 Å². The predicted molar refractivity (Wildman–Crippen MR) is 132 cm³/mol. The number of thioether (sulfide) groups is 2. The van der Waals surface area contributed by atoms with Crippen molar-refractivity contribution in [3.8, 4) is 17.2 Å². The minimum Gasteiger partial charge on any atom is -0.508 e. The maximum Gasteiger partial charge on any atom is 0.277 e. The van der Waals surface area contributed by atoms with E-state index in [4.69, 9.17) is 4.74 Å². The van der Waals surface area contributed by atoms with E-state index in [1.807, 2.05) is 67.7 Å². The second-order valence-corrected chi connectivity index (χ2v) is 10.1. The number of aromatic hydroxyl groups is 1. The smallest absolute Gasteiger partial charge is 0.277 e. The van der Waals surface area contributed by atoms with E-state index in [9.17, 15) is 9.90 Å². The fraction of sp³-hybridized carbons (Fsp3) is 0.250. The van der Waals surface area contributed by atoms with E-state index in [1.54, 1.807) is 18.3 Å². The van der Waals surface area contributed by atoms with Gasteiger partial charge in [-0.15, -0.1) is 23.5 Å². The molecule has 0 bridgehead atoms. The van der Waals surface area contributed by atoms with Gasteiger partial charge in [0.15, 0.2) is 6.61 Å². The Hall–Kier alpha value is -2.84. The molecule has 3 aromatic rings. The summed E-state index contributed by atoms with van der Waals surface area (Å²) in [7, 11) is 0. The van der Waals surface area contributed by atoms with Crippen molar-refractivity contribution in [1.29, 1.82) is 0 Å². The first-order chi connectivity index (χ1) is 15.5. The van der Waals surface area contributed by atoms with Crippen molar-refractivity contribution in [1.82, 2.24) is 9.99 Å². The van der Waals surface area contributed by atoms with E-state index >= 15 is 0 Å². The number of aromatic nitrogens is 1. The average molecular weight is 468 g/mol. The fourth-order valence-electron chi connectivity index (χ4n) is 3.54. The standard InChI is InChI=1S/C24H25N3O3S2/c1-16-13-19(17(2)27(16)20-5-7-21(28)8-6-20)14-25-26-23(29)15-30-22-9-3-18(4-10-22)24-31-11-12-32-24/h3-10,13-14,24,28H,11-12,15H2,1-2H3,(H,26,29)/b25-14-. The van der Waals surface area contributed by atoms with Crippen LogP contribution in [0.1, 0.15) is 27.1 Å². The Morgan fingerprint density at radius 3 is 2.53 bits per heavy atom. The molecule has 2 heterocycles. The summed E-state index contributed by atoms with van der Waals surface area (Å²) >= 11 is 3.92. The number of phenolic OH excluding ortho intramolecular Hbond substituents is 1. The number of rotatable bonds is 7. The first-order valence-corrected chi connectivity index (χ1v) is 12.4. The molecular formula is C24H25N3O3S2. The minimum absolute atomic E-state index is 0.101. The van der Waals surface area contributed by atoms with Gasteiger partial charge in [0.2, 0.25) is 0 Å². The van der Waals surface area contributed by atoms with Crippen LogP contribution in [0, 0.1) is 13.8 Å². The topological polar surface area (TPSA) is 75.8 Å². The van der Waals surface area contributed by atoms with Crippen molar-refractivity contribution in [2.75, 3.05) is 18.1 Å². The normalized spacial score (nSPS) is 14.2. The number of amides is 1. The van der Waals surface area contributed by atoms with E-state index in [2.05, 4.69) is 27.2 Å². The number of benzene rings is 2. The lowest BCUT2D eigenvalue weighted by molar-refractivity contribution is -0.123. The van der Waals surface area contributed by atoms with Crippen LogP contribution in [0.3, 0.4) is 0 Å². The molecule has 2 aromatic carbocycles. The summed E-state index contributed by atoms with van der Waals surface area (Å²) in [5, 5.41) is 13.6. The van der Waals surface area contributed by atoms with E-state index < -0.39 is 0 Å². The number of hydrogen-bond donors (Lipinski definition) is 2. The lowest BCUT2D eigenvalue weighted by Crippen LogP contribution is -2.24. The van der Waals surface area contributed by atoms with Crippen LogP contribution in [0.4, 0.5) is 0 Å². The zero-order valence-corrected chi connectivity index (χ0v) is 19.6. The molecular weight excluding hydrogens is 442 g/mol. The molecule has 1 amide bonds. The quantitative estimate of drug-likeness (QED) is 0.385. The number of nitrogens with one attached hydrogen (secondary N) is 1. The average Bonchev–Trinajstić information content (AvgIpc) is 3.42. The lowest BCUT2D eigenvalue weighted by atomic mass is 10.2. The zero-order valence-electron chi connectivity index (χ0n) is 17.9. The summed E-state index contributed by atoms with van der Waals surface area (Å²) in [6.45, 7) is 3.88. The number of carbonyl (C=O) groups excluding carboxylic acids is 1. The Kier molecular flexibility index (Phi) is 7.12. The van der Waals surface area contributed by atoms with Crippen LogP contribution in [0.15, 0.2) is 59.7 Å². The zero-order chi connectivity index (χ0) is 22.5. The van der Waals surface area contributed by atoms with Gasteiger partial charge in [-0.05, 0) is 61.9 Å². The number of hydrogen-bond acceptors (Lipinski definition) is 6. The Morgan fingerprint density at radius 1 is 1.16 bits per heavy atom. The summed E-state index contributed by atoms with van der Waals surface area (Å²) in [4.78, 5) is 12.1. The summed E-state index contributed by atoms with van der Waals surface area (Å²) in [6.07, 6.45) is 1.63. The molecule has 4 rings (SSSR count). The molecule has 166 valence electrons. The van der Waals surface area contributed by atoms with Gasteiger partial charge in [-0.2, -0.15) is 5.10 Å². The third-order valence-corrected chi connectivity index (χ3v) is 8.22. The van der Waals surface area contributed by atoms with Gasteiger partial charge in [-0.25, -0.2) is 5.43 Å². The summed E-state index contributed by atoms with van der Waals surface area (Å²) in [5.74, 6) is 2.95. The fourth-order valence-corrected chi connectivity index (χ4v) is 6.40. The van der Waals surface area contributed by atoms with Crippen molar-refractivity contribution in [2.24, 2.45) is 5.10 Å². The molecule has 0 radical (unpaired) electrons. The second-order valence-electron chi connectivity index (χ2n) is 7.40. The molecule has 8 heteroatoms. The highest BCUT2D eigenvalue weighted by atomic mass is 32.2. The summed E-state index contributed by atoms with van der Waals surface area (Å²) in [6, 6.07) is 17.0. The van der Waals surface area contributed by atoms with Crippen molar-refractivity contribution in [2.45, 2.75) is 18.4 Å². The molecule has 0 aliphatic carbocycles. The number of nitrogens with zero attached hydrogens (tertiary/aromatic N) is 2. The number of aryl methyl sites for hydroxylation is 1. The van der Waals surface area contributed by atoms with Gasteiger partial charge in [0, 0.05) is 34.1 Å². The van der Waals surface area contributed by atoms with Gasteiger partial charge in [-0.3, -0.25) is 4.79 Å². The minimum atomic E-state index is -0.320. The van der Waals surface area contributed by atoms with E-state index in [1.165, 1.54) is 17.1 Å². The van der Waals surface area contributed by atoms with Gasteiger partial charge in [0.1, 0.15) is 11.5 Å². The Balaban J connectivity index is 1.31. The third kappa shape index (κ3) is 5.31. The highest BCUT2D eigenvalue weighted by Gasteiger charge is 2.18. The highest BCUT2D eigenvalue weighted by molar-refractivity contribution is 8.19. The third-order valence-electron chi connectivity index (χ3n) is 5.12. The van der Waals surface area contributed by atoms with Crippen molar-refractivity contribution < 1.29 is 14.6 Å². The van der Waals surface area contributed by atoms with Crippen LogP contribution in [0.2, 0.25) is 0 Å². The molecule has 6 nitrogen and oxygen atoms in total. The molecule has 0 unspecified atom stereocenters. The number of carbonyl (C=O) groups is 1. The summed E-state index contributed by atoms with van der Waals surface area (Å²) in [5.41, 5.74) is 7.66. The molecule has 1 aliphatic heterocycles. The first kappa shape index (κ1) is 22.4. The van der Waals surface area contributed by atoms with Crippen LogP contribution in [-0.2, 0) is 4.79 Å². The summed E-state index contributed by atoms with van der Waals surface area (Å²) < 4.78 is 8.14. The molecule has 0 spiro atoms. The van der Waals surface area contributed by atoms with Gasteiger partial charge in [0.25, 0.3) is 5.91 Å². The van der Waals surface area contributed by atoms with Gasteiger partial charge in [-0.1, -0.05) is 12.1 Å². The SMILES string of the molecule is Cc1cc(/C=N\NC(=O)COc2ccc(C3SCCS3)cc2)c(C)n1-c1ccc(O)cc1. The van der Waals surface area contributed by atoms with E-state index in [0.29, 0.717) is 10.3 Å². The van der Waals surface area contributed by atoms with Crippen molar-refractivity contribution >= 4 is 35.6 Å². The molecule has 1 saturated heterocycles. The monoisotopic (exact) mass is 467 g/mol. The van der Waals surface area contributed by atoms with E-state index in [0.717, 1.165) is 22.6 Å². The lowest BCUT2D eigenvalue weighted by Gasteiger charge is -2.10. The Morgan fingerprint density at radius 2 is 1.84 bits per heavy atom. The number of ether oxygens (including phenoxy) is 1. The maximum atomic E-state index is 12.1. The molecule has 1 aliphatic rings. The van der Waals surface area contributed by atoms with Gasteiger partial charge >= 0.3 is 0 Å². The first-order valence-electron chi connectivity index (χ1n) is 10.3. The molecule has 32 heavy (non-hydrogen) atoms. The van der Waals surface area contributed by atoms with Crippen molar-refractivity contribution in [3.63, 3.8) is 0 Å². The Labute approximate surface area is 196 Å². The second kappa shape index (κ2) is 10.2. The van der Waals surface area contributed by atoms with Crippen molar-refractivity contribution in [3.05, 3.63) is 77.1 Å². The number of hydrazone groups is 1. The van der Waals surface area contributed by atoms with Gasteiger partial charge < -0.3 is 14.4 Å². The largest absolute Gasteiger partial charge is 0.508 e. The predicted octanol–water partition coefficient (Wildman–Crippen LogP) is 4.81. The highest BCUT2D eigenvalue weighted by Crippen LogP contribution is 2.45. The van der Waals surface area contributed by atoms with E-state index in [-0.39, 0.29) is 18.3 Å². The molecule has 0 atom stereocenters.